The molecule has 5 rings (SSSR count). The predicted octanol–water partition coefficient (Wildman–Crippen LogP) is 6.81. The van der Waals surface area contributed by atoms with Crippen LogP contribution in [0.1, 0.15) is 34.8 Å². The van der Waals surface area contributed by atoms with Gasteiger partial charge in [0.05, 0.1) is 20.8 Å². The molecular weight excluding hydrogens is 704 g/mol. The van der Waals surface area contributed by atoms with E-state index in [2.05, 4.69) is 37.2 Å². The first-order chi connectivity index (χ1) is 21.8. The lowest BCUT2D eigenvalue weighted by Crippen LogP contribution is -2.49. The number of benzene rings is 4. The van der Waals surface area contributed by atoms with E-state index in [0.717, 1.165) is 25.6 Å². The maximum atomic E-state index is 14.6. The van der Waals surface area contributed by atoms with Crippen LogP contribution < -0.4 is 19.5 Å². The number of carbonyl (C=O) groups is 1. The number of amides is 1. The molecule has 1 heterocycles. The van der Waals surface area contributed by atoms with Gasteiger partial charge in [-0.3, -0.25) is 4.79 Å². The van der Waals surface area contributed by atoms with Crippen LogP contribution in [0.25, 0.3) is 0 Å². The molecule has 0 aliphatic carbocycles. The van der Waals surface area contributed by atoms with Crippen LogP contribution in [0.2, 0.25) is 0 Å². The van der Waals surface area contributed by atoms with Gasteiger partial charge in [-0.1, -0.05) is 62.2 Å². The molecule has 45 heavy (non-hydrogen) atoms. The zero-order valence-corrected chi connectivity index (χ0v) is 28.1. The summed E-state index contributed by atoms with van der Waals surface area (Å²) in [6.45, 7) is 0.697. The Bertz CT molecular complexity index is 1620. The van der Waals surface area contributed by atoms with Crippen LogP contribution in [0.5, 0.6) is 17.2 Å². The van der Waals surface area contributed by atoms with Crippen LogP contribution in [-0.4, -0.2) is 49.9 Å². The van der Waals surface area contributed by atoms with Gasteiger partial charge in [0.25, 0.3) is 5.91 Å². The van der Waals surface area contributed by atoms with E-state index >= 15 is 0 Å². The number of hydrogen-bond acceptors (Lipinski definition) is 7. The van der Waals surface area contributed by atoms with E-state index in [0.29, 0.717) is 41.7 Å². The van der Waals surface area contributed by atoms with E-state index in [1.807, 2.05) is 84.9 Å². The van der Waals surface area contributed by atoms with E-state index in [1.165, 1.54) is 0 Å². The zero-order chi connectivity index (χ0) is 31.8. The number of aliphatic hydroxyl groups excluding tert-OH is 1. The molecule has 0 fully saturated rings. The summed E-state index contributed by atoms with van der Waals surface area (Å²) < 4.78 is 25.0. The molecule has 0 radical (unpaired) electrons. The highest BCUT2D eigenvalue weighted by Crippen LogP contribution is 2.43. The van der Waals surface area contributed by atoms with Crippen molar-refractivity contribution in [3.63, 3.8) is 0 Å². The van der Waals surface area contributed by atoms with Crippen LogP contribution in [0.15, 0.2) is 105 Å². The summed E-state index contributed by atoms with van der Waals surface area (Å²) in [6, 6.07) is 28.5. The van der Waals surface area contributed by atoms with Crippen molar-refractivity contribution in [2.24, 2.45) is 4.99 Å². The van der Waals surface area contributed by atoms with Crippen molar-refractivity contribution >= 4 is 43.7 Å². The van der Waals surface area contributed by atoms with Gasteiger partial charge in [-0.2, -0.15) is 0 Å². The lowest BCUT2D eigenvalue weighted by molar-refractivity contribution is -0.129. The number of aliphatic hydroxyl groups is 1. The van der Waals surface area contributed by atoms with Gasteiger partial charge in [-0.15, -0.1) is 0 Å². The first-order valence-electron chi connectivity index (χ1n) is 14.4. The van der Waals surface area contributed by atoms with Gasteiger partial charge in [0.1, 0.15) is 17.2 Å². The van der Waals surface area contributed by atoms with E-state index in [9.17, 15) is 4.79 Å². The SMILES string of the molecule is COc1cc(CNC(=O)[C@]2(Cc3ccccc3Br)N=C(c3ccc(OCCCO)cc3)O[C@@H]2c2ccc(Br)cc2)cc(OC)c1. The molecule has 0 saturated carbocycles. The number of halogens is 2. The molecule has 2 atom stereocenters. The second-order valence-corrected chi connectivity index (χ2v) is 12.3. The normalized spacial score (nSPS) is 17.3. The van der Waals surface area contributed by atoms with Gasteiger partial charge in [-0.25, -0.2) is 4.99 Å². The molecule has 8 nitrogen and oxygen atoms in total. The topological polar surface area (TPSA) is 98.6 Å². The van der Waals surface area contributed by atoms with Crippen LogP contribution in [-0.2, 0) is 22.5 Å². The molecule has 10 heteroatoms. The van der Waals surface area contributed by atoms with Crippen molar-refractivity contribution in [1.29, 1.82) is 0 Å². The average molecular weight is 738 g/mol. The molecule has 2 N–H and O–H groups in total. The predicted molar refractivity (Wildman–Crippen MR) is 180 cm³/mol. The Hall–Kier alpha value is -3.86. The fourth-order valence-electron chi connectivity index (χ4n) is 5.16. The maximum absolute atomic E-state index is 14.6. The molecule has 0 aromatic heterocycles. The Labute approximate surface area is 279 Å². The molecule has 0 spiro atoms. The van der Waals surface area contributed by atoms with Crippen molar-refractivity contribution in [3.8, 4) is 17.2 Å². The zero-order valence-electron chi connectivity index (χ0n) is 25.0. The number of carbonyl (C=O) groups excluding carboxylic acids is 1. The minimum atomic E-state index is -1.35. The minimum Gasteiger partial charge on any atom is -0.497 e. The molecule has 1 aliphatic heterocycles. The lowest BCUT2D eigenvalue weighted by atomic mass is 9.82. The molecule has 234 valence electrons. The molecule has 4 aromatic rings. The third-order valence-electron chi connectivity index (χ3n) is 7.48. The monoisotopic (exact) mass is 736 g/mol. The van der Waals surface area contributed by atoms with E-state index in [-0.39, 0.29) is 25.5 Å². The third-order valence-corrected chi connectivity index (χ3v) is 8.79. The fraction of sp³-hybridized carbons (Fsp3) is 0.257. The van der Waals surface area contributed by atoms with Gasteiger partial charge < -0.3 is 29.4 Å². The number of ether oxygens (including phenoxy) is 4. The summed E-state index contributed by atoms with van der Waals surface area (Å²) in [5, 5.41) is 12.2. The van der Waals surface area contributed by atoms with Gasteiger partial charge >= 0.3 is 0 Å². The van der Waals surface area contributed by atoms with E-state index in [4.69, 9.17) is 29.0 Å². The van der Waals surface area contributed by atoms with Crippen molar-refractivity contribution in [1.82, 2.24) is 5.32 Å². The van der Waals surface area contributed by atoms with Crippen LogP contribution in [0, 0.1) is 0 Å². The minimum absolute atomic E-state index is 0.0627. The van der Waals surface area contributed by atoms with Crippen LogP contribution in [0.3, 0.4) is 0 Å². The van der Waals surface area contributed by atoms with Crippen LogP contribution >= 0.6 is 31.9 Å². The van der Waals surface area contributed by atoms with Crippen LogP contribution in [0.4, 0.5) is 0 Å². The van der Waals surface area contributed by atoms with E-state index < -0.39 is 11.6 Å². The van der Waals surface area contributed by atoms with Crippen molar-refractivity contribution in [3.05, 3.63) is 122 Å². The highest BCUT2D eigenvalue weighted by atomic mass is 79.9. The second kappa shape index (κ2) is 14.9. The molecule has 0 saturated heterocycles. The number of hydrogen-bond donors (Lipinski definition) is 2. The Morgan fingerprint density at radius 3 is 2.27 bits per heavy atom. The van der Waals surface area contributed by atoms with Crippen molar-refractivity contribution in [2.75, 3.05) is 27.4 Å². The number of nitrogens with zero attached hydrogens (tertiary/aromatic N) is 1. The maximum Gasteiger partial charge on any atom is 0.252 e. The molecule has 0 unspecified atom stereocenters. The first-order valence-corrected chi connectivity index (χ1v) is 16.0. The number of rotatable bonds is 13. The quantitative estimate of drug-likeness (QED) is 0.147. The first kappa shape index (κ1) is 32.5. The lowest BCUT2D eigenvalue weighted by Gasteiger charge is -2.31. The Morgan fingerprint density at radius 2 is 1.62 bits per heavy atom. The van der Waals surface area contributed by atoms with E-state index in [1.54, 1.807) is 20.3 Å². The molecule has 0 bridgehead atoms. The summed E-state index contributed by atoms with van der Waals surface area (Å²) in [4.78, 5) is 19.7. The smallest absolute Gasteiger partial charge is 0.252 e. The summed E-state index contributed by atoms with van der Waals surface area (Å²) in [6.07, 6.45) is 0.0867. The van der Waals surface area contributed by atoms with Gasteiger partial charge in [0.15, 0.2) is 11.6 Å². The Morgan fingerprint density at radius 1 is 0.933 bits per heavy atom. The highest BCUT2D eigenvalue weighted by Gasteiger charge is 2.53. The molecule has 4 aromatic carbocycles. The molecular formula is C35H34Br2N2O6. The summed E-state index contributed by atoms with van der Waals surface area (Å²) >= 11 is 7.20. The standard InChI is InChI=1S/C35H34Br2N2O6/c1-42-29-18-23(19-30(20-29)43-2)22-38-34(41)35(21-26-6-3-4-7-31(26)37)32(24-8-12-27(36)13-9-24)45-33(39-35)25-10-14-28(15-11-25)44-17-5-16-40/h3-4,6-15,18-20,32,40H,5,16-17,21-22H2,1-2H3,(H,38,41)/t32-,35-/m1/s1. The Balaban J connectivity index is 1.56. The summed E-state index contributed by atoms with van der Waals surface area (Å²) in [7, 11) is 3.18. The van der Waals surface area contributed by atoms with Crippen molar-refractivity contribution in [2.45, 2.75) is 31.0 Å². The second-order valence-electron chi connectivity index (χ2n) is 10.5. The average Bonchev–Trinajstić information content (AvgIpc) is 3.45. The third kappa shape index (κ3) is 7.69. The molecule has 1 aliphatic rings. The number of methoxy groups -OCH3 is 2. The summed E-state index contributed by atoms with van der Waals surface area (Å²) in [5.74, 6) is 1.99. The van der Waals surface area contributed by atoms with Gasteiger partial charge in [-0.05, 0) is 71.3 Å². The Kier molecular flexibility index (Phi) is 10.8. The number of aliphatic imine (C=N–C) groups is 1. The van der Waals surface area contributed by atoms with Gasteiger partial charge in [0.2, 0.25) is 5.90 Å². The summed E-state index contributed by atoms with van der Waals surface area (Å²) in [5.41, 5.74) is 1.90. The number of nitrogens with one attached hydrogen (secondary N) is 1. The molecule has 1 amide bonds. The highest BCUT2D eigenvalue weighted by molar-refractivity contribution is 9.10. The van der Waals surface area contributed by atoms with Crippen molar-refractivity contribution < 1.29 is 28.8 Å². The fourth-order valence-corrected chi connectivity index (χ4v) is 5.85. The van der Waals surface area contributed by atoms with Gasteiger partial charge in [0, 0.05) is 46.6 Å². The largest absolute Gasteiger partial charge is 0.497 e.